The number of rotatable bonds is 0. The van der Waals surface area contributed by atoms with Crippen LogP contribution in [0, 0.1) is 10.8 Å². The zero-order valence-electron chi connectivity index (χ0n) is 16.8. The lowest BCUT2D eigenvalue weighted by molar-refractivity contribution is -0.237. The van der Waals surface area contributed by atoms with E-state index in [0.717, 1.165) is 25.7 Å². The molecule has 3 saturated carbocycles. The molecule has 0 amide bonds. The fourth-order valence-corrected chi connectivity index (χ4v) is 4.88. The maximum absolute atomic E-state index is 12.3. The third-order valence-electron chi connectivity index (χ3n) is 6.56. The van der Waals surface area contributed by atoms with Gasteiger partial charge >= 0.3 is 11.9 Å². The van der Waals surface area contributed by atoms with Crippen LogP contribution >= 0.6 is 0 Å². The molecule has 0 atom stereocenters. The lowest BCUT2D eigenvalue weighted by Crippen LogP contribution is -2.69. The second-order valence-electron chi connectivity index (χ2n) is 8.95. The molecular weight excluding hydrogens is 340 g/mol. The van der Waals surface area contributed by atoms with Crippen molar-refractivity contribution in [3.63, 3.8) is 0 Å². The van der Waals surface area contributed by atoms with Crippen LogP contribution in [-0.2, 0) is 19.1 Å². The predicted octanol–water partition coefficient (Wildman–Crippen LogP) is 5.49. The maximum Gasteiger partial charge on any atom is 0.312 e. The molecule has 0 spiro atoms. The summed E-state index contributed by atoms with van der Waals surface area (Å²) in [4.78, 5) is 24.6. The fourth-order valence-electron chi connectivity index (χ4n) is 4.88. The van der Waals surface area contributed by atoms with Gasteiger partial charge in [-0.2, -0.15) is 0 Å². The molecule has 3 aliphatic carbocycles. The molecule has 6 aliphatic rings. The van der Waals surface area contributed by atoms with E-state index >= 15 is 0 Å². The molecule has 6 rings (SSSR count). The topological polar surface area (TPSA) is 52.6 Å². The van der Waals surface area contributed by atoms with Crippen molar-refractivity contribution in [1.29, 1.82) is 0 Å². The Morgan fingerprint density at radius 3 is 1.37 bits per heavy atom. The first-order valence-corrected chi connectivity index (χ1v) is 11.2. The van der Waals surface area contributed by atoms with Gasteiger partial charge in [0.2, 0.25) is 0 Å². The van der Waals surface area contributed by atoms with Crippen LogP contribution in [0.3, 0.4) is 0 Å². The number of esters is 2. The average molecular weight is 377 g/mol. The Hall–Kier alpha value is -1.32. The van der Waals surface area contributed by atoms with Gasteiger partial charge in [-0.05, 0) is 57.8 Å². The Labute approximate surface area is 164 Å². The third kappa shape index (κ3) is 5.14. The molecule has 0 aromatic carbocycles. The van der Waals surface area contributed by atoms with Crippen molar-refractivity contribution >= 4 is 11.9 Å². The molecule has 27 heavy (non-hydrogen) atoms. The summed E-state index contributed by atoms with van der Waals surface area (Å²) in [7, 11) is 0. The highest BCUT2D eigenvalue weighted by molar-refractivity contribution is 5.91. The van der Waals surface area contributed by atoms with Crippen molar-refractivity contribution in [2.45, 2.75) is 96.3 Å². The van der Waals surface area contributed by atoms with E-state index in [-0.39, 0.29) is 22.8 Å². The van der Waals surface area contributed by atoms with Crippen LogP contribution in [-0.4, -0.2) is 25.2 Å². The van der Waals surface area contributed by atoms with Crippen LogP contribution in [0.4, 0.5) is 0 Å². The second kappa shape index (κ2) is 9.75. The van der Waals surface area contributed by atoms with Crippen LogP contribution in [0.5, 0.6) is 0 Å². The van der Waals surface area contributed by atoms with Crippen molar-refractivity contribution in [2.75, 3.05) is 13.2 Å². The van der Waals surface area contributed by atoms with Gasteiger partial charge in [-0.3, -0.25) is 9.59 Å². The van der Waals surface area contributed by atoms with Gasteiger partial charge < -0.3 is 9.47 Å². The van der Waals surface area contributed by atoms with E-state index in [4.69, 9.17) is 9.47 Å². The molecular formula is C23H36O4. The highest BCUT2D eigenvalue weighted by atomic mass is 16.5. The van der Waals surface area contributed by atoms with Crippen molar-refractivity contribution in [3.05, 3.63) is 12.2 Å². The number of ether oxygens (including phenoxy) is 2. The highest BCUT2D eigenvalue weighted by Crippen LogP contribution is 2.74. The Balaban J connectivity index is 1.40. The van der Waals surface area contributed by atoms with Crippen molar-refractivity contribution < 1.29 is 19.1 Å². The number of carbonyl (C=O) groups is 2. The zero-order chi connectivity index (χ0) is 19.0. The summed E-state index contributed by atoms with van der Waals surface area (Å²) < 4.78 is 11.0. The maximum atomic E-state index is 12.3. The molecule has 2 bridgehead atoms. The van der Waals surface area contributed by atoms with Crippen LogP contribution in [0.15, 0.2) is 12.2 Å². The number of hydrogen-bond acceptors (Lipinski definition) is 4. The molecule has 0 unspecified atom stereocenters. The second-order valence-corrected chi connectivity index (χ2v) is 8.95. The third-order valence-corrected chi connectivity index (χ3v) is 6.56. The normalized spacial score (nSPS) is 35.7. The minimum Gasteiger partial charge on any atom is -0.465 e. The lowest BCUT2D eigenvalue weighted by Gasteiger charge is -2.66. The zero-order valence-corrected chi connectivity index (χ0v) is 16.8. The van der Waals surface area contributed by atoms with Crippen LogP contribution in [0.25, 0.3) is 0 Å². The van der Waals surface area contributed by atoms with E-state index in [0.29, 0.717) is 32.5 Å². The Morgan fingerprint density at radius 2 is 0.926 bits per heavy atom. The molecule has 3 heterocycles. The molecule has 0 radical (unpaired) electrons. The summed E-state index contributed by atoms with van der Waals surface area (Å²) >= 11 is 0. The van der Waals surface area contributed by atoms with Crippen molar-refractivity contribution in [3.8, 4) is 0 Å². The van der Waals surface area contributed by atoms with E-state index in [1.54, 1.807) is 0 Å². The SMILES string of the molecule is O=C1OCCCCCCC/C=C\CCCCCCCOC(=O)C23CC1(C2)C3. The van der Waals surface area contributed by atoms with E-state index in [9.17, 15) is 9.59 Å². The minimum atomic E-state index is -0.361. The summed E-state index contributed by atoms with van der Waals surface area (Å²) in [6, 6.07) is 0. The van der Waals surface area contributed by atoms with Gasteiger partial charge in [0.05, 0.1) is 24.0 Å². The molecule has 3 aliphatic heterocycles. The predicted molar refractivity (Wildman–Crippen MR) is 105 cm³/mol. The summed E-state index contributed by atoms with van der Waals surface area (Å²) in [5, 5.41) is 0. The van der Waals surface area contributed by atoms with Crippen molar-refractivity contribution in [1.82, 2.24) is 0 Å². The molecule has 4 heteroatoms. The monoisotopic (exact) mass is 376 g/mol. The Morgan fingerprint density at radius 1 is 0.556 bits per heavy atom. The van der Waals surface area contributed by atoms with Gasteiger partial charge in [-0.1, -0.05) is 50.7 Å². The van der Waals surface area contributed by atoms with Gasteiger partial charge in [-0.15, -0.1) is 0 Å². The van der Waals surface area contributed by atoms with Crippen molar-refractivity contribution in [2.24, 2.45) is 10.8 Å². The standard InChI is InChI=1S/C23H36O4/c24-20-22-17-23(18-22,19-22)21(25)27-16-14-12-10-8-6-4-2-1-3-5-7-9-11-13-15-26-20/h1-2H,3-19H2/b2-1-. The van der Waals surface area contributed by atoms with Gasteiger partial charge in [-0.25, -0.2) is 0 Å². The minimum absolute atomic E-state index is 0.0827. The number of allylic oxidation sites excluding steroid dienone is 2. The average Bonchev–Trinajstić information content (AvgIpc) is 2.57. The molecule has 0 saturated heterocycles. The van der Waals surface area contributed by atoms with Crippen LogP contribution < -0.4 is 0 Å². The van der Waals surface area contributed by atoms with Gasteiger partial charge in [0.15, 0.2) is 0 Å². The largest absolute Gasteiger partial charge is 0.465 e. The first kappa shape index (κ1) is 20.4. The smallest absolute Gasteiger partial charge is 0.312 e. The number of hydrogen-bond donors (Lipinski definition) is 0. The number of carbonyl (C=O) groups excluding carboxylic acids is 2. The molecule has 3 fully saturated rings. The molecule has 152 valence electrons. The quantitative estimate of drug-likeness (QED) is 0.414. The van der Waals surface area contributed by atoms with Crippen LogP contribution in [0.2, 0.25) is 0 Å². The van der Waals surface area contributed by atoms with Gasteiger partial charge in [0.25, 0.3) is 0 Å². The molecule has 0 aromatic rings. The lowest BCUT2D eigenvalue weighted by atomic mass is 9.35. The van der Waals surface area contributed by atoms with E-state index in [1.165, 1.54) is 51.4 Å². The highest BCUT2D eigenvalue weighted by Gasteiger charge is 2.76. The van der Waals surface area contributed by atoms with E-state index < -0.39 is 0 Å². The Kier molecular flexibility index (Phi) is 7.37. The molecule has 0 aromatic heterocycles. The first-order valence-electron chi connectivity index (χ1n) is 11.2. The van der Waals surface area contributed by atoms with E-state index in [1.807, 2.05) is 0 Å². The van der Waals surface area contributed by atoms with Crippen LogP contribution in [0.1, 0.15) is 96.3 Å². The first-order chi connectivity index (χ1) is 13.2. The van der Waals surface area contributed by atoms with E-state index in [2.05, 4.69) is 12.2 Å². The fraction of sp³-hybridized carbons (Fsp3) is 0.826. The Bertz CT molecular complexity index is 473. The summed E-state index contributed by atoms with van der Waals surface area (Å²) in [5.74, 6) is -0.165. The summed E-state index contributed by atoms with van der Waals surface area (Å²) in [5.41, 5.74) is -0.721. The summed E-state index contributed by atoms with van der Waals surface area (Å²) in [6.45, 7) is 1.05. The summed E-state index contributed by atoms with van der Waals surface area (Å²) in [6.07, 6.45) is 20.6. The molecule has 4 nitrogen and oxygen atoms in total. The van der Waals surface area contributed by atoms with Gasteiger partial charge in [0, 0.05) is 0 Å². The molecule has 0 N–H and O–H groups in total. The van der Waals surface area contributed by atoms with Gasteiger partial charge in [0.1, 0.15) is 0 Å².